The Kier molecular flexibility index (Phi) is 5.50. The minimum absolute atomic E-state index is 0.171. The minimum atomic E-state index is 0.171. The molecule has 0 aromatic carbocycles. The Hall–Kier alpha value is -1.69. The summed E-state index contributed by atoms with van der Waals surface area (Å²) in [5, 5.41) is 3.48. The van der Waals surface area contributed by atoms with Crippen LogP contribution in [0.3, 0.4) is 0 Å². The van der Waals surface area contributed by atoms with Crippen molar-refractivity contribution in [3.05, 3.63) is 18.1 Å². The summed E-state index contributed by atoms with van der Waals surface area (Å²) < 4.78 is 0. The number of aryl methyl sites for hydroxylation is 1. The summed E-state index contributed by atoms with van der Waals surface area (Å²) in [6, 6.07) is 2.44. The van der Waals surface area contributed by atoms with Crippen molar-refractivity contribution >= 4 is 11.7 Å². The molecule has 21 heavy (non-hydrogen) atoms. The summed E-state index contributed by atoms with van der Waals surface area (Å²) in [7, 11) is 3.61. The van der Waals surface area contributed by atoms with Crippen LogP contribution < -0.4 is 5.32 Å². The molecular formula is C15H25N5O. The molecule has 1 aliphatic heterocycles. The molecule has 0 radical (unpaired) electrons. The number of piperidine rings is 1. The molecule has 2 heterocycles. The SMILES string of the molecule is CCc1cc(NC2CCN(CC(=O)N(C)C)CC2)ncn1. The monoisotopic (exact) mass is 291 g/mol. The van der Waals surface area contributed by atoms with Gasteiger partial charge >= 0.3 is 0 Å². The van der Waals surface area contributed by atoms with E-state index >= 15 is 0 Å². The van der Waals surface area contributed by atoms with Crippen molar-refractivity contribution in [3.8, 4) is 0 Å². The van der Waals surface area contributed by atoms with E-state index in [4.69, 9.17) is 0 Å². The van der Waals surface area contributed by atoms with Gasteiger partial charge in [0.2, 0.25) is 5.91 Å². The lowest BCUT2D eigenvalue weighted by Gasteiger charge is -2.32. The van der Waals surface area contributed by atoms with Gasteiger partial charge in [0.25, 0.3) is 0 Å². The number of carbonyl (C=O) groups is 1. The lowest BCUT2D eigenvalue weighted by molar-refractivity contribution is -0.130. The molecule has 1 aromatic heterocycles. The summed E-state index contributed by atoms with van der Waals surface area (Å²) in [5.74, 6) is 1.08. The maximum atomic E-state index is 11.7. The average molecular weight is 291 g/mol. The zero-order valence-corrected chi connectivity index (χ0v) is 13.2. The van der Waals surface area contributed by atoms with E-state index in [0.717, 1.165) is 43.9 Å². The topological polar surface area (TPSA) is 61.4 Å². The van der Waals surface area contributed by atoms with Crippen LogP contribution in [0.4, 0.5) is 5.82 Å². The van der Waals surface area contributed by atoms with Gasteiger partial charge in [-0.05, 0) is 19.3 Å². The fourth-order valence-electron chi connectivity index (χ4n) is 2.45. The molecule has 0 spiro atoms. The minimum Gasteiger partial charge on any atom is -0.367 e. The lowest BCUT2D eigenvalue weighted by atomic mass is 10.0. The van der Waals surface area contributed by atoms with Crippen molar-refractivity contribution in [3.63, 3.8) is 0 Å². The molecule has 1 N–H and O–H groups in total. The first-order chi connectivity index (χ1) is 10.1. The van der Waals surface area contributed by atoms with Crippen LogP contribution in [-0.4, -0.2) is 65.4 Å². The van der Waals surface area contributed by atoms with Crippen LogP contribution in [-0.2, 0) is 11.2 Å². The molecule has 0 unspecified atom stereocenters. The molecule has 6 nitrogen and oxygen atoms in total. The van der Waals surface area contributed by atoms with Gasteiger partial charge in [-0.2, -0.15) is 0 Å². The highest BCUT2D eigenvalue weighted by atomic mass is 16.2. The second kappa shape index (κ2) is 7.36. The standard InChI is InChI=1S/C15H25N5O/c1-4-12-9-14(17-11-16-12)18-13-5-7-20(8-6-13)10-15(21)19(2)3/h9,11,13H,4-8,10H2,1-3H3,(H,16,17,18). The van der Waals surface area contributed by atoms with Crippen LogP contribution in [0.5, 0.6) is 0 Å². The summed E-state index contributed by atoms with van der Waals surface area (Å²) >= 11 is 0. The third-order valence-electron chi connectivity index (χ3n) is 3.88. The zero-order chi connectivity index (χ0) is 15.2. The van der Waals surface area contributed by atoms with E-state index in [0.29, 0.717) is 12.6 Å². The van der Waals surface area contributed by atoms with E-state index in [-0.39, 0.29) is 5.91 Å². The molecule has 1 aromatic rings. The van der Waals surface area contributed by atoms with E-state index < -0.39 is 0 Å². The number of nitrogens with one attached hydrogen (secondary N) is 1. The van der Waals surface area contributed by atoms with Gasteiger partial charge < -0.3 is 10.2 Å². The predicted octanol–water partition coefficient (Wildman–Crippen LogP) is 1.00. The molecule has 0 atom stereocenters. The molecule has 1 saturated heterocycles. The lowest BCUT2D eigenvalue weighted by Crippen LogP contribution is -2.44. The Morgan fingerprint density at radius 2 is 2.10 bits per heavy atom. The first kappa shape index (κ1) is 15.7. The van der Waals surface area contributed by atoms with E-state index in [1.165, 1.54) is 0 Å². The van der Waals surface area contributed by atoms with Crippen molar-refractivity contribution in [2.75, 3.05) is 39.0 Å². The maximum Gasteiger partial charge on any atom is 0.236 e. The number of nitrogens with zero attached hydrogens (tertiary/aromatic N) is 4. The molecule has 1 fully saturated rings. The van der Waals surface area contributed by atoms with Crippen molar-refractivity contribution in [1.82, 2.24) is 19.8 Å². The number of rotatable bonds is 5. The molecule has 0 saturated carbocycles. The summed E-state index contributed by atoms with van der Waals surface area (Å²) in [5.41, 5.74) is 1.06. The highest BCUT2D eigenvalue weighted by Crippen LogP contribution is 2.15. The highest BCUT2D eigenvalue weighted by Gasteiger charge is 2.21. The number of likely N-dealkylation sites (tertiary alicyclic amines) is 1. The van der Waals surface area contributed by atoms with Gasteiger partial charge in [0.1, 0.15) is 12.1 Å². The van der Waals surface area contributed by atoms with Gasteiger partial charge in [-0.15, -0.1) is 0 Å². The van der Waals surface area contributed by atoms with Gasteiger partial charge in [-0.3, -0.25) is 9.69 Å². The molecule has 6 heteroatoms. The van der Waals surface area contributed by atoms with Crippen LogP contribution in [0.25, 0.3) is 0 Å². The molecule has 1 amide bonds. The number of carbonyl (C=O) groups excluding carboxylic acids is 1. The second-order valence-electron chi connectivity index (χ2n) is 5.73. The number of hydrogen-bond donors (Lipinski definition) is 1. The van der Waals surface area contributed by atoms with Gasteiger partial charge in [0.15, 0.2) is 0 Å². The van der Waals surface area contributed by atoms with Crippen molar-refractivity contribution < 1.29 is 4.79 Å². The fourth-order valence-corrected chi connectivity index (χ4v) is 2.45. The molecular weight excluding hydrogens is 266 g/mol. The Morgan fingerprint density at radius 3 is 2.71 bits per heavy atom. The van der Waals surface area contributed by atoms with Gasteiger partial charge in [0.05, 0.1) is 6.54 Å². The number of amides is 1. The average Bonchev–Trinajstić information content (AvgIpc) is 2.49. The summed E-state index contributed by atoms with van der Waals surface area (Å²) in [6.45, 7) is 4.51. The largest absolute Gasteiger partial charge is 0.367 e. The third-order valence-corrected chi connectivity index (χ3v) is 3.88. The quantitative estimate of drug-likeness (QED) is 0.877. The first-order valence-electron chi connectivity index (χ1n) is 7.58. The van der Waals surface area contributed by atoms with Crippen LogP contribution in [0.1, 0.15) is 25.5 Å². The van der Waals surface area contributed by atoms with Crippen LogP contribution >= 0.6 is 0 Å². The van der Waals surface area contributed by atoms with Crippen LogP contribution in [0.15, 0.2) is 12.4 Å². The Bertz CT molecular complexity index is 469. The molecule has 0 bridgehead atoms. The number of likely N-dealkylation sites (N-methyl/N-ethyl adjacent to an activating group) is 1. The first-order valence-corrected chi connectivity index (χ1v) is 7.58. The van der Waals surface area contributed by atoms with Gasteiger partial charge in [-0.1, -0.05) is 6.92 Å². The molecule has 2 rings (SSSR count). The van der Waals surface area contributed by atoms with E-state index in [9.17, 15) is 4.79 Å². The predicted molar refractivity (Wildman–Crippen MR) is 83.2 cm³/mol. The fraction of sp³-hybridized carbons (Fsp3) is 0.667. The Morgan fingerprint density at radius 1 is 1.38 bits per heavy atom. The zero-order valence-electron chi connectivity index (χ0n) is 13.2. The maximum absolute atomic E-state index is 11.7. The van der Waals surface area contributed by atoms with E-state index in [1.54, 1.807) is 25.3 Å². The molecule has 0 aliphatic carbocycles. The second-order valence-corrected chi connectivity index (χ2v) is 5.73. The normalized spacial score (nSPS) is 16.7. The summed E-state index contributed by atoms with van der Waals surface area (Å²) in [6.07, 6.45) is 4.60. The molecule has 1 aliphatic rings. The Labute approximate surface area is 126 Å². The van der Waals surface area contributed by atoms with Crippen molar-refractivity contribution in [2.45, 2.75) is 32.2 Å². The van der Waals surface area contributed by atoms with Gasteiger partial charge in [-0.25, -0.2) is 9.97 Å². The number of hydrogen-bond acceptors (Lipinski definition) is 5. The Balaban J connectivity index is 1.80. The van der Waals surface area contributed by atoms with Gasteiger partial charge in [0, 0.05) is 45.0 Å². The van der Waals surface area contributed by atoms with Crippen LogP contribution in [0, 0.1) is 0 Å². The highest BCUT2D eigenvalue weighted by molar-refractivity contribution is 5.77. The smallest absolute Gasteiger partial charge is 0.236 e. The molecule has 116 valence electrons. The number of anilines is 1. The van der Waals surface area contributed by atoms with Crippen LogP contribution in [0.2, 0.25) is 0 Å². The van der Waals surface area contributed by atoms with Crippen molar-refractivity contribution in [2.24, 2.45) is 0 Å². The summed E-state index contributed by atoms with van der Waals surface area (Å²) in [4.78, 5) is 24.1. The van der Waals surface area contributed by atoms with E-state index in [1.807, 2.05) is 6.07 Å². The van der Waals surface area contributed by atoms with Crippen molar-refractivity contribution in [1.29, 1.82) is 0 Å². The van der Waals surface area contributed by atoms with E-state index in [2.05, 4.69) is 27.1 Å². The number of aromatic nitrogens is 2. The third kappa shape index (κ3) is 4.67.